The van der Waals surface area contributed by atoms with Crippen LogP contribution < -0.4 is 10.6 Å². The molecule has 1 heterocycles. The van der Waals surface area contributed by atoms with E-state index in [2.05, 4.69) is 39.7 Å². The maximum absolute atomic E-state index is 5.12. The number of aliphatic imine (C=N–C) groups is 1. The van der Waals surface area contributed by atoms with Crippen molar-refractivity contribution in [1.29, 1.82) is 0 Å². The standard InChI is InChI=1S/C17H32N6O.HI/c1-13-21-22-15(23(13)4)12-19-16(18-10-11-24-5)20-14-6-8-17(2,3)9-7-14;/h14H,6-12H2,1-5H3,(H2,18,19,20);1H. The lowest BCUT2D eigenvalue weighted by molar-refractivity contribution is 0.202. The van der Waals surface area contributed by atoms with Gasteiger partial charge in [-0.3, -0.25) is 0 Å². The lowest BCUT2D eigenvalue weighted by atomic mass is 9.75. The largest absolute Gasteiger partial charge is 0.383 e. The van der Waals surface area contributed by atoms with Crippen LogP contribution in [0.15, 0.2) is 4.99 Å². The van der Waals surface area contributed by atoms with Crippen molar-refractivity contribution in [1.82, 2.24) is 25.4 Å². The molecule has 1 aliphatic carbocycles. The second-order valence-electron chi connectivity index (χ2n) is 7.39. The van der Waals surface area contributed by atoms with Crippen molar-refractivity contribution >= 4 is 29.9 Å². The molecule has 2 N–H and O–H groups in total. The lowest BCUT2D eigenvalue weighted by Gasteiger charge is -2.35. The Morgan fingerprint density at radius 1 is 1.32 bits per heavy atom. The predicted octanol–water partition coefficient (Wildman–Crippen LogP) is 2.39. The molecule has 1 fully saturated rings. The molecule has 0 aromatic carbocycles. The molecule has 0 saturated heterocycles. The van der Waals surface area contributed by atoms with Crippen molar-refractivity contribution < 1.29 is 4.74 Å². The van der Waals surface area contributed by atoms with Gasteiger partial charge >= 0.3 is 0 Å². The minimum absolute atomic E-state index is 0. The van der Waals surface area contributed by atoms with Gasteiger partial charge in [-0.2, -0.15) is 0 Å². The van der Waals surface area contributed by atoms with E-state index in [-0.39, 0.29) is 24.0 Å². The summed E-state index contributed by atoms with van der Waals surface area (Å²) in [5.41, 5.74) is 0.467. The Kier molecular flexibility index (Phi) is 9.12. The van der Waals surface area contributed by atoms with Crippen LogP contribution in [-0.4, -0.2) is 47.0 Å². The molecule has 0 atom stereocenters. The Balaban J connectivity index is 0.00000312. The molecule has 7 nitrogen and oxygen atoms in total. The first kappa shape index (κ1) is 22.1. The topological polar surface area (TPSA) is 76.4 Å². The third-order valence-corrected chi connectivity index (χ3v) is 4.84. The summed E-state index contributed by atoms with van der Waals surface area (Å²) in [6.45, 7) is 8.55. The van der Waals surface area contributed by atoms with E-state index in [0.717, 1.165) is 24.2 Å². The number of ether oxygens (including phenoxy) is 1. The van der Waals surface area contributed by atoms with Crippen LogP contribution in [0.3, 0.4) is 0 Å². The fraction of sp³-hybridized carbons (Fsp3) is 0.824. The highest BCUT2D eigenvalue weighted by atomic mass is 127. The van der Waals surface area contributed by atoms with Crippen LogP contribution in [-0.2, 0) is 18.3 Å². The minimum Gasteiger partial charge on any atom is -0.383 e. The van der Waals surface area contributed by atoms with E-state index in [1.165, 1.54) is 25.7 Å². The molecule has 25 heavy (non-hydrogen) atoms. The maximum Gasteiger partial charge on any atom is 0.192 e. The van der Waals surface area contributed by atoms with E-state index in [4.69, 9.17) is 4.74 Å². The van der Waals surface area contributed by atoms with Crippen LogP contribution in [0, 0.1) is 12.3 Å². The third-order valence-electron chi connectivity index (χ3n) is 4.84. The van der Waals surface area contributed by atoms with Gasteiger partial charge in [-0.05, 0) is 38.0 Å². The number of methoxy groups -OCH3 is 1. The van der Waals surface area contributed by atoms with Gasteiger partial charge in [0.1, 0.15) is 12.4 Å². The number of aryl methyl sites for hydroxylation is 1. The zero-order valence-electron chi connectivity index (χ0n) is 16.1. The summed E-state index contributed by atoms with van der Waals surface area (Å²) in [5, 5.41) is 15.2. The minimum atomic E-state index is 0. The number of rotatable bonds is 6. The SMILES string of the molecule is COCCNC(=NCc1nnc(C)n1C)NC1CCC(C)(C)CC1.I. The zero-order valence-corrected chi connectivity index (χ0v) is 18.5. The van der Waals surface area contributed by atoms with Crippen LogP contribution in [0.2, 0.25) is 0 Å². The van der Waals surface area contributed by atoms with Crippen LogP contribution in [0.1, 0.15) is 51.2 Å². The van der Waals surface area contributed by atoms with E-state index in [1.54, 1.807) is 7.11 Å². The molecule has 0 bridgehead atoms. The molecule has 1 saturated carbocycles. The van der Waals surface area contributed by atoms with E-state index >= 15 is 0 Å². The van der Waals surface area contributed by atoms with Gasteiger partial charge in [0.25, 0.3) is 0 Å². The second-order valence-corrected chi connectivity index (χ2v) is 7.39. The van der Waals surface area contributed by atoms with E-state index < -0.39 is 0 Å². The van der Waals surface area contributed by atoms with E-state index in [0.29, 0.717) is 24.6 Å². The second kappa shape index (κ2) is 10.3. The molecule has 1 aliphatic rings. The molecule has 2 rings (SSSR count). The summed E-state index contributed by atoms with van der Waals surface area (Å²) >= 11 is 0. The number of nitrogens with one attached hydrogen (secondary N) is 2. The summed E-state index contributed by atoms with van der Waals surface area (Å²) in [6, 6.07) is 0.480. The van der Waals surface area contributed by atoms with Crippen molar-refractivity contribution in [3.63, 3.8) is 0 Å². The molecule has 1 aromatic heterocycles. The summed E-state index contributed by atoms with van der Waals surface area (Å²) in [5.74, 6) is 2.60. The van der Waals surface area contributed by atoms with Gasteiger partial charge in [0.05, 0.1) is 6.61 Å². The fourth-order valence-corrected chi connectivity index (χ4v) is 2.90. The van der Waals surface area contributed by atoms with Crippen LogP contribution in [0.5, 0.6) is 0 Å². The van der Waals surface area contributed by atoms with Crippen molar-refractivity contribution in [2.75, 3.05) is 20.3 Å². The Labute approximate surface area is 168 Å². The number of guanidine groups is 1. The first-order valence-electron chi connectivity index (χ1n) is 8.80. The van der Waals surface area contributed by atoms with Crippen LogP contribution in [0.4, 0.5) is 0 Å². The third kappa shape index (κ3) is 7.08. The number of nitrogens with zero attached hydrogens (tertiary/aromatic N) is 4. The van der Waals surface area contributed by atoms with Crippen molar-refractivity contribution in [2.24, 2.45) is 17.5 Å². The first-order valence-corrected chi connectivity index (χ1v) is 8.80. The highest BCUT2D eigenvalue weighted by Crippen LogP contribution is 2.34. The van der Waals surface area contributed by atoms with E-state index in [1.807, 2.05) is 18.5 Å². The quantitative estimate of drug-likeness (QED) is 0.293. The highest BCUT2D eigenvalue weighted by molar-refractivity contribution is 14.0. The number of aromatic nitrogens is 3. The average molecular weight is 464 g/mol. The summed E-state index contributed by atoms with van der Waals surface area (Å²) in [4.78, 5) is 4.69. The molecular formula is C17H33IN6O. The smallest absolute Gasteiger partial charge is 0.192 e. The monoisotopic (exact) mass is 464 g/mol. The van der Waals surface area contributed by atoms with Gasteiger partial charge < -0.3 is 19.9 Å². The molecule has 144 valence electrons. The molecule has 1 aromatic rings. The van der Waals surface area contributed by atoms with E-state index in [9.17, 15) is 0 Å². The van der Waals surface area contributed by atoms with Crippen molar-refractivity contribution in [3.8, 4) is 0 Å². The molecule has 0 spiro atoms. The van der Waals surface area contributed by atoms with Gasteiger partial charge in [-0.15, -0.1) is 34.2 Å². The summed E-state index contributed by atoms with van der Waals surface area (Å²) in [7, 11) is 3.67. The molecule has 8 heteroatoms. The number of hydrogen-bond donors (Lipinski definition) is 2. The Hall–Kier alpha value is -0.900. The summed E-state index contributed by atoms with van der Waals surface area (Å²) < 4.78 is 7.09. The van der Waals surface area contributed by atoms with Crippen molar-refractivity contribution in [2.45, 2.75) is 59.0 Å². The predicted molar refractivity (Wildman–Crippen MR) is 111 cm³/mol. The molecular weight excluding hydrogens is 431 g/mol. The molecule has 0 unspecified atom stereocenters. The normalized spacial score (nSPS) is 17.9. The van der Waals surface area contributed by atoms with Crippen LogP contribution >= 0.6 is 24.0 Å². The van der Waals surface area contributed by atoms with Gasteiger partial charge in [0, 0.05) is 26.7 Å². The zero-order chi connectivity index (χ0) is 17.6. The Bertz CT molecular complexity index is 547. The Morgan fingerprint density at radius 3 is 2.56 bits per heavy atom. The molecule has 0 amide bonds. The molecule has 0 radical (unpaired) electrons. The highest BCUT2D eigenvalue weighted by Gasteiger charge is 2.27. The van der Waals surface area contributed by atoms with Gasteiger partial charge in [0.15, 0.2) is 11.8 Å². The van der Waals surface area contributed by atoms with Crippen LogP contribution in [0.25, 0.3) is 0 Å². The lowest BCUT2D eigenvalue weighted by Crippen LogP contribution is -2.46. The number of hydrogen-bond acceptors (Lipinski definition) is 4. The van der Waals surface area contributed by atoms with Gasteiger partial charge in [0.2, 0.25) is 0 Å². The first-order chi connectivity index (χ1) is 11.4. The summed E-state index contributed by atoms with van der Waals surface area (Å²) in [6.07, 6.45) is 4.86. The number of halogens is 1. The van der Waals surface area contributed by atoms with Crippen molar-refractivity contribution in [3.05, 3.63) is 11.6 Å². The Morgan fingerprint density at radius 2 is 2.00 bits per heavy atom. The van der Waals surface area contributed by atoms with Gasteiger partial charge in [-0.1, -0.05) is 13.8 Å². The molecule has 0 aliphatic heterocycles. The van der Waals surface area contributed by atoms with Gasteiger partial charge in [-0.25, -0.2) is 4.99 Å². The maximum atomic E-state index is 5.12. The average Bonchev–Trinajstić information content (AvgIpc) is 2.86. The fourth-order valence-electron chi connectivity index (χ4n) is 2.90.